The van der Waals surface area contributed by atoms with Gasteiger partial charge in [0, 0.05) is 38.2 Å². The highest BCUT2D eigenvalue weighted by atomic mass is 16.1. The maximum absolute atomic E-state index is 12.3. The van der Waals surface area contributed by atoms with Gasteiger partial charge in [-0.25, -0.2) is 19.3 Å². The van der Waals surface area contributed by atoms with Crippen molar-refractivity contribution in [2.24, 2.45) is 5.92 Å². The Morgan fingerprint density at radius 2 is 2.07 bits per heavy atom. The summed E-state index contributed by atoms with van der Waals surface area (Å²) in [6.45, 7) is 4.54. The molecule has 0 bridgehead atoms. The number of H-pyrrole nitrogens is 1. The van der Waals surface area contributed by atoms with Gasteiger partial charge in [-0.3, -0.25) is 4.57 Å². The number of pyridine rings is 1. The lowest BCUT2D eigenvalue weighted by Crippen LogP contribution is -2.36. The molecule has 0 radical (unpaired) electrons. The van der Waals surface area contributed by atoms with Gasteiger partial charge in [0.05, 0.1) is 11.2 Å². The number of hydrogen-bond acceptors (Lipinski definition) is 5. The quantitative estimate of drug-likeness (QED) is 0.602. The van der Waals surface area contributed by atoms with Crippen LogP contribution in [0.3, 0.4) is 0 Å². The first-order chi connectivity index (χ1) is 13.2. The van der Waals surface area contributed by atoms with Crippen LogP contribution in [-0.4, -0.2) is 42.2 Å². The number of rotatable bonds is 3. The van der Waals surface area contributed by atoms with Gasteiger partial charge in [-0.15, -0.1) is 0 Å². The van der Waals surface area contributed by atoms with E-state index in [1.165, 1.54) is 0 Å². The third kappa shape index (κ3) is 2.77. The summed E-state index contributed by atoms with van der Waals surface area (Å²) in [5, 5.41) is 4.47. The molecule has 0 saturated carbocycles. The molecule has 1 saturated heterocycles. The molecule has 1 N–H and O–H groups in total. The highest BCUT2D eigenvalue weighted by molar-refractivity contribution is 5.70. The molecule has 8 heteroatoms. The van der Waals surface area contributed by atoms with Crippen LogP contribution in [0.1, 0.15) is 18.5 Å². The minimum absolute atomic E-state index is 0.0766. The van der Waals surface area contributed by atoms with Crippen LogP contribution in [0.2, 0.25) is 0 Å². The Labute approximate surface area is 155 Å². The van der Waals surface area contributed by atoms with Crippen LogP contribution in [-0.2, 0) is 6.54 Å². The van der Waals surface area contributed by atoms with E-state index in [9.17, 15) is 4.79 Å². The molecule has 0 unspecified atom stereocenters. The molecule has 5 heterocycles. The highest BCUT2D eigenvalue weighted by Gasteiger charge is 2.23. The molecule has 0 atom stereocenters. The zero-order valence-corrected chi connectivity index (χ0v) is 15.2. The number of imidazole rings is 1. The minimum atomic E-state index is -0.0766. The predicted molar refractivity (Wildman–Crippen MR) is 103 cm³/mol. The Bertz CT molecular complexity index is 1160. The van der Waals surface area contributed by atoms with E-state index in [1.807, 2.05) is 29.8 Å². The molecule has 0 aromatic carbocycles. The van der Waals surface area contributed by atoms with E-state index >= 15 is 0 Å². The molecule has 1 aliphatic heterocycles. The van der Waals surface area contributed by atoms with Crippen LogP contribution in [0.4, 0.5) is 5.82 Å². The molecule has 27 heavy (non-hydrogen) atoms. The van der Waals surface area contributed by atoms with E-state index in [1.54, 1.807) is 17.0 Å². The van der Waals surface area contributed by atoms with Gasteiger partial charge in [-0.2, -0.15) is 5.10 Å². The zero-order valence-electron chi connectivity index (χ0n) is 15.2. The summed E-state index contributed by atoms with van der Waals surface area (Å²) in [4.78, 5) is 26.5. The average molecular weight is 363 g/mol. The molecule has 1 fully saturated rings. The smallest absolute Gasteiger partial charge is 0.327 e. The molecule has 4 aromatic rings. The van der Waals surface area contributed by atoms with Crippen LogP contribution >= 0.6 is 0 Å². The molecule has 0 spiro atoms. The van der Waals surface area contributed by atoms with Gasteiger partial charge in [0.2, 0.25) is 0 Å². The van der Waals surface area contributed by atoms with Crippen molar-refractivity contribution in [2.75, 3.05) is 18.0 Å². The van der Waals surface area contributed by atoms with E-state index in [4.69, 9.17) is 0 Å². The number of aryl methyl sites for hydroxylation is 1. The van der Waals surface area contributed by atoms with E-state index in [2.05, 4.69) is 31.0 Å². The highest BCUT2D eigenvalue weighted by Crippen LogP contribution is 2.26. The Morgan fingerprint density at radius 3 is 2.93 bits per heavy atom. The van der Waals surface area contributed by atoms with E-state index in [0.29, 0.717) is 12.5 Å². The van der Waals surface area contributed by atoms with Gasteiger partial charge in [-0.1, -0.05) is 0 Å². The number of anilines is 1. The summed E-state index contributed by atoms with van der Waals surface area (Å²) in [7, 11) is 0. The summed E-state index contributed by atoms with van der Waals surface area (Å²) in [6.07, 6.45) is 7.45. The summed E-state index contributed by atoms with van der Waals surface area (Å²) >= 11 is 0. The third-order valence-corrected chi connectivity index (χ3v) is 5.38. The lowest BCUT2D eigenvalue weighted by atomic mass is 9.96. The molecule has 4 aromatic heterocycles. The van der Waals surface area contributed by atoms with Crippen molar-refractivity contribution < 1.29 is 0 Å². The third-order valence-electron chi connectivity index (χ3n) is 5.38. The van der Waals surface area contributed by atoms with Crippen molar-refractivity contribution in [2.45, 2.75) is 26.3 Å². The van der Waals surface area contributed by atoms with Crippen LogP contribution < -0.4 is 10.6 Å². The predicted octanol–water partition coefficient (Wildman–Crippen LogP) is 1.99. The Kier molecular flexibility index (Phi) is 3.70. The second kappa shape index (κ2) is 6.22. The standard InChI is InChI=1S/C19H21N7O/c1-13-11-16-18(21-7-10-26(16)23-13)24-8-4-14(5-9-24)12-25-17-15(22-19(25)27)3-2-6-20-17/h2-3,6-7,10-11,14H,4-5,8-9,12H2,1H3,(H,22,27). The first kappa shape index (κ1) is 16.0. The fraction of sp³-hybridized carbons (Fsp3) is 0.368. The molecular formula is C19H21N7O. The summed E-state index contributed by atoms with van der Waals surface area (Å²) in [5.74, 6) is 1.44. The van der Waals surface area contributed by atoms with E-state index < -0.39 is 0 Å². The second-order valence-electron chi connectivity index (χ2n) is 7.21. The van der Waals surface area contributed by atoms with Crippen LogP contribution in [0, 0.1) is 12.8 Å². The number of fused-ring (bicyclic) bond motifs is 2. The Morgan fingerprint density at radius 1 is 1.22 bits per heavy atom. The molecular weight excluding hydrogens is 342 g/mol. The normalized spacial score (nSPS) is 15.8. The van der Waals surface area contributed by atoms with Crippen molar-refractivity contribution in [3.63, 3.8) is 0 Å². The second-order valence-corrected chi connectivity index (χ2v) is 7.21. The molecule has 1 aliphatic rings. The van der Waals surface area contributed by atoms with Crippen molar-refractivity contribution in [3.05, 3.63) is 53.0 Å². The monoisotopic (exact) mass is 363 g/mol. The van der Waals surface area contributed by atoms with Gasteiger partial charge in [0.15, 0.2) is 11.5 Å². The van der Waals surface area contributed by atoms with E-state index in [-0.39, 0.29) is 5.69 Å². The number of nitrogens with zero attached hydrogens (tertiary/aromatic N) is 6. The molecule has 0 amide bonds. The summed E-state index contributed by atoms with van der Waals surface area (Å²) in [5.41, 5.74) is 3.50. The van der Waals surface area contributed by atoms with Crippen molar-refractivity contribution in [1.82, 2.24) is 29.1 Å². The Balaban J connectivity index is 1.34. The molecule has 8 nitrogen and oxygen atoms in total. The van der Waals surface area contributed by atoms with Crippen molar-refractivity contribution in [3.8, 4) is 0 Å². The summed E-state index contributed by atoms with van der Waals surface area (Å²) in [6, 6.07) is 5.81. The minimum Gasteiger partial charge on any atom is -0.355 e. The number of aromatic amines is 1. The maximum atomic E-state index is 12.3. The summed E-state index contributed by atoms with van der Waals surface area (Å²) < 4.78 is 3.66. The molecule has 5 rings (SSSR count). The lowest BCUT2D eigenvalue weighted by Gasteiger charge is -2.33. The topological polar surface area (TPSA) is 84.1 Å². The number of aromatic nitrogens is 6. The van der Waals surface area contributed by atoms with E-state index in [0.717, 1.165) is 54.1 Å². The maximum Gasteiger partial charge on any atom is 0.327 e. The SMILES string of the molecule is Cc1cc2c(N3CCC(Cn4c(=O)[nH]c5cccnc54)CC3)nccn2n1. The fourth-order valence-corrected chi connectivity index (χ4v) is 4.02. The lowest BCUT2D eigenvalue weighted by molar-refractivity contribution is 0.355. The van der Waals surface area contributed by atoms with Gasteiger partial charge >= 0.3 is 5.69 Å². The first-order valence-corrected chi connectivity index (χ1v) is 9.28. The van der Waals surface area contributed by atoms with Crippen LogP contribution in [0.5, 0.6) is 0 Å². The average Bonchev–Trinajstić information content (AvgIpc) is 3.21. The van der Waals surface area contributed by atoms with Crippen molar-refractivity contribution in [1.29, 1.82) is 0 Å². The molecule has 0 aliphatic carbocycles. The number of nitrogens with one attached hydrogen (secondary N) is 1. The zero-order chi connectivity index (χ0) is 18.4. The van der Waals surface area contributed by atoms with Gasteiger partial charge in [0.25, 0.3) is 0 Å². The number of piperidine rings is 1. The van der Waals surface area contributed by atoms with Gasteiger partial charge in [0.1, 0.15) is 5.52 Å². The van der Waals surface area contributed by atoms with Gasteiger partial charge in [-0.05, 0) is 43.9 Å². The van der Waals surface area contributed by atoms with Gasteiger partial charge < -0.3 is 9.88 Å². The Hall–Kier alpha value is -3.16. The molecule has 138 valence electrons. The number of hydrogen-bond donors (Lipinski definition) is 1. The fourth-order valence-electron chi connectivity index (χ4n) is 4.02. The van der Waals surface area contributed by atoms with Crippen molar-refractivity contribution >= 4 is 22.5 Å². The van der Waals surface area contributed by atoms with Crippen LogP contribution in [0.25, 0.3) is 16.7 Å². The largest absolute Gasteiger partial charge is 0.355 e. The first-order valence-electron chi connectivity index (χ1n) is 9.28. The van der Waals surface area contributed by atoms with Crippen LogP contribution in [0.15, 0.2) is 41.6 Å².